The highest BCUT2D eigenvalue weighted by atomic mass is 32.2. The number of sulfonamides is 1. The Labute approximate surface area is 70.9 Å². The van der Waals surface area contributed by atoms with Gasteiger partial charge in [-0.05, 0) is 6.42 Å². The number of carbonyl (C=O) groups is 1. The van der Waals surface area contributed by atoms with Crippen LogP contribution in [0.5, 0.6) is 0 Å². The lowest BCUT2D eigenvalue weighted by Crippen LogP contribution is -2.34. The Morgan fingerprint density at radius 1 is 1.58 bits per heavy atom. The van der Waals surface area contributed by atoms with Crippen LogP contribution in [0, 0.1) is 0 Å². The number of hydrogen-bond donors (Lipinski definition) is 2. The van der Waals surface area contributed by atoms with Crippen LogP contribution in [-0.2, 0) is 19.6 Å². The van der Waals surface area contributed by atoms with Gasteiger partial charge in [-0.3, -0.25) is 4.79 Å². The lowest BCUT2D eigenvalue weighted by atomic mass is 10.2. The van der Waals surface area contributed by atoms with E-state index < -0.39 is 22.0 Å². The van der Waals surface area contributed by atoms with E-state index in [0.29, 0.717) is 0 Å². The summed E-state index contributed by atoms with van der Waals surface area (Å²) in [6.45, 7) is 0. The van der Waals surface area contributed by atoms with Gasteiger partial charge in [0.1, 0.15) is 6.04 Å². The van der Waals surface area contributed by atoms with Crippen LogP contribution in [0.1, 0.15) is 6.42 Å². The van der Waals surface area contributed by atoms with Gasteiger partial charge in [-0.1, -0.05) is 0 Å². The minimum absolute atomic E-state index is 0.0223. The second kappa shape index (κ2) is 4.39. The zero-order valence-electron chi connectivity index (χ0n) is 6.69. The highest BCUT2D eigenvalue weighted by Gasteiger charge is 2.15. The van der Waals surface area contributed by atoms with E-state index in [-0.39, 0.29) is 12.2 Å². The maximum absolute atomic E-state index is 10.6. The van der Waals surface area contributed by atoms with Crippen molar-refractivity contribution in [1.82, 2.24) is 0 Å². The van der Waals surface area contributed by atoms with Crippen molar-refractivity contribution in [2.45, 2.75) is 12.5 Å². The number of ether oxygens (including phenoxy) is 1. The summed E-state index contributed by atoms with van der Waals surface area (Å²) in [5.41, 5.74) is 5.24. The zero-order valence-corrected chi connectivity index (χ0v) is 7.50. The van der Waals surface area contributed by atoms with Crippen LogP contribution in [0.4, 0.5) is 0 Å². The molecule has 0 aliphatic carbocycles. The van der Waals surface area contributed by atoms with Crippen LogP contribution < -0.4 is 10.9 Å². The summed E-state index contributed by atoms with van der Waals surface area (Å²) in [7, 11) is -2.37. The lowest BCUT2D eigenvalue weighted by molar-refractivity contribution is -0.142. The summed E-state index contributed by atoms with van der Waals surface area (Å²) >= 11 is 0. The molecule has 0 bridgehead atoms. The SMILES string of the molecule is COC(=O)[C@@H](N)CCS(N)(=O)=O. The van der Waals surface area contributed by atoms with E-state index in [9.17, 15) is 13.2 Å². The van der Waals surface area contributed by atoms with Gasteiger partial charge in [-0.25, -0.2) is 13.6 Å². The molecule has 72 valence electrons. The molecule has 0 aliphatic rings. The van der Waals surface area contributed by atoms with E-state index in [0.717, 1.165) is 0 Å². The largest absolute Gasteiger partial charge is 0.468 e. The molecule has 0 rings (SSSR count). The van der Waals surface area contributed by atoms with Gasteiger partial charge >= 0.3 is 5.97 Å². The van der Waals surface area contributed by atoms with Crippen LogP contribution in [0.25, 0.3) is 0 Å². The van der Waals surface area contributed by atoms with Crippen LogP contribution in [0.15, 0.2) is 0 Å². The Balaban J connectivity index is 3.88. The fraction of sp³-hybridized carbons (Fsp3) is 0.800. The molecule has 0 aromatic rings. The second-order valence-electron chi connectivity index (χ2n) is 2.29. The van der Waals surface area contributed by atoms with Gasteiger partial charge in [0.25, 0.3) is 0 Å². The number of primary sulfonamides is 1. The first-order valence-electron chi connectivity index (χ1n) is 3.20. The van der Waals surface area contributed by atoms with E-state index in [4.69, 9.17) is 5.73 Å². The molecule has 0 aliphatic heterocycles. The van der Waals surface area contributed by atoms with E-state index >= 15 is 0 Å². The second-order valence-corrected chi connectivity index (χ2v) is 4.02. The molecular formula is C5H12N2O4S. The number of esters is 1. The molecule has 4 N–H and O–H groups in total. The zero-order chi connectivity index (χ0) is 9.78. The van der Waals surface area contributed by atoms with Crippen molar-refractivity contribution in [3.8, 4) is 0 Å². The molecule has 0 fully saturated rings. The van der Waals surface area contributed by atoms with Crippen LogP contribution in [-0.4, -0.2) is 33.3 Å². The first-order valence-corrected chi connectivity index (χ1v) is 4.92. The summed E-state index contributed by atoms with van der Waals surface area (Å²) in [4.78, 5) is 10.6. The van der Waals surface area contributed by atoms with Crippen molar-refractivity contribution < 1.29 is 17.9 Å². The average molecular weight is 196 g/mol. The highest BCUT2D eigenvalue weighted by Crippen LogP contribution is 1.93. The smallest absolute Gasteiger partial charge is 0.322 e. The summed E-state index contributed by atoms with van der Waals surface area (Å²) in [6.07, 6.45) is -0.0223. The Morgan fingerprint density at radius 3 is 2.42 bits per heavy atom. The van der Waals surface area contributed by atoms with Crippen molar-refractivity contribution in [3.63, 3.8) is 0 Å². The van der Waals surface area contributed by atoms with Gasteiger partial charge in [-0.15, -0.1) is 0 Å². The topological polar surface area (TPSA) is 112 Å². The summed E-state index contributed by atoms with van der Waals surface area (Å²) in [5, 5.41) is 4.69. The van der Waals surface area contributed by atoms with Crippen molar-refractivity contribution in [2.75, 3.05) is 12.9 Å². The number of nitrogens with two attached hydrogens (primary N) is 2. The van der Waals surface area contributed by atoms with E-state index in [2.05, 4.69) is 9.88 Å². The maximum Gasteiger partial charge on any atom is 0.322 e. The monoisotopic (exact) mass is 196 g/mol. The third-order valence-electron chi connectivity index (χ3n) is 1.22. The minimum atomic E-state index is -3.55. The molecule has 0 aromatic heterocycles. The van der Waals surface area contributed by atoms with Crippen molar-refractivity contribution in [2.24, 2.45) is 10.9 Å². The van der Waals surface area contributed by atoms with Gasteiger partial charge in [0.05, 0.1) is 12.9 Å². The quantitative estimate of drug-likeness (QED) is 0.513. The first-order chi connectivity index (χ1) is 5.37. The predicted molar refractivity (Wildman–Crippen MR) is 42.6 cm³/mol. The van der Waals surface area contributed by atoms with Crippen LogP contribution >= 0.6 is 0 Å². The Morgan fingerprint density at radius 2 is 2.08 bits per heavy atom. The average Bonchev–Trinajstić information content (AvgIpc) is 1.97. The number of methoxy groups -OCH3 is 1. The third kappa shape index (κ3) is 5.05. The van der Waals surface area contributed by atoms with Crippen LogP contribution in [0.3, 0.4) is 0 Å². The number of carbonyl (C=O) groups excluding carboxylic acids is 1. The minimum Gasteiger partial charge on any atom is -0.468 e. The van der Waals surface area contributed by atoms with E-state index in [1.807, 2.05) is 0 Å². The Hall–Kier alpha value is -0.660. The fourth-order valence-electron chi connectivity index (χ4n) is 0.560. The molecule has 0 spiro atoms. The molecule has 0 saturated carbocycles. The molecule has 0 amide bonds. The molecular weight excluding hydrogens is 184 g/mol. The van der Waals surface area contributed by atoms with Crippen LogP contribution in [0.2, 0.25) is 0 Å². The standard InChI is InChI=1S/C5H12N2O4S/c1-11-5(8)4(6)2-3-12(7,9)10/h4H,2-3,6H2,1H3,(H2,7,9,10)/t4-/m0/s1. The van der Waals surface area contributed by atoms with Gasteiger partial charge in [0.2, 0.25) is 10.0 Å². The van der Waals surface area contributed by atoms with Gasteiger partial charge < -0.3 is 10.5 Å². The Kier molecular flexibility index (Phi) is 4.15. The molecule has 1 atom stereocenters. The molecule has 0 heterocycles. The fourth-order valence-corrected chi connectivity index (χ4v) is 1.14. The molecule has 0 saturated heterocycles. The molecule has 0 unspecified atom stereocenters. The summed E-state index contributed by atoms with van der Waals surface area (Å²) < 4.78 is 25.1. The summed E-state index contributed by atoms with van der Waals surface area (Å²) in [6, 6.07) is -0.923. The first kappa shape index (κ1) is 11.3. The number of rotatable bonds is 4. The van der Waals surface area contributed by atoms with Crippen molar-refractivity contribution in [1.29, 1.82) is 0 Å². The number of hydrogen-bond acceptors (Lipinski definition) is 5. The van der Waals surface area contributed by atoms with Gasteiger partial charge in [-0.2, -0.15) is 0 Å². The normalized spacial score (nSPS) is 13.9. The molecule has 12 heavy (non-hydrogen) atoms. The Bertz CT molecular complexity index is 248. The molecule has 0 radical (unpaired) electrons. The van der Waals surface area contributed by atoms with Crippen molar-refractivity contribution >= 4 is 16.0 Å². The van der Waals surface area contributed by atoms with E-state index in [1.54, 1.807) is 0 Å². The maximum atomic E-state index is 10.6. The molecule has 7 heteroatoms. The molecule has 6 nitrogen and oxygen atoms in total. The summed E-state index contributed by atoms with van der Waals surface area (Å²) in [5.74, 6) is -0.956. The molecule has 0 aromatic carbocycles. The lowest BCUT2D eigenvalue weighted by Gasteiger charge is -2.06. The van der Waals surface area contributed by atoms with Crippen molar-refractivity contribution in [3.05, 3.63) is 0 Å². The third-order valence-corrected chi connectivity index (χ3v) is 2.02. The van der Waals surface area contributed by atoms with Gasteiger partial charge in [0.15, 0.2) is 0 Å². The van der Waals surface area contributed by atoms with E-state index in [1.165, 1.54) is 7.11 Å². The van der Waals surface area contributed by atoms with Gasteiger partial charge in [0, 0.05) is 0 Å². The predicted octanol–water partition coefficient (Wildman–Crippen LogP) is -1.83. The highest BCUT2D eigenvalue weighted by molar-refractivity contribution is 7.89.